The van der Waals surface area contributed by atoms with E-state index >= 15 is 0 Å². The van der Waals surface area contributed by atoms with Crippen molar-refractivity contribution < 1.29 is 9.59 Å². The van der Waals surface area contributed by atoms with E-state index in [1.807, 2.05) is 30.3 Å². The first-order valence-electron chi connectivity index (χ1n) is 11.2. The molecular formula is C24H28N8O2. The third-order valence-electron chi connectivity index (χ3n) is 5.77. The summed E-state index contributed by atoms with van der Waals surface area (Å²) in [4.78, 5) is 30.2. The highest BCUT2D eigenvalue weighted by atomic mass is 16.2. The van der Waals surface area contributed by atoms with Crippen LogP contribution < -0.4 is 16.4 Å². The van der Waals surface area contributed by atoms with E-state index in [0.717, 1.165) is 24.2 Å². The number of imidazole rings is 1. The molecule has 4 rings (SSSR count). The van der Waals surface area contributed by atoms with Gasteiger partial charge < -0.3 is 26.7 Å². The SMILES string of the molecule is CC(N/C=C(\C=N)c1cnn2c(-c3cccc(N)c3)cnc2c1)C(=O)NCCN1CCCC1=O. The predicted molar refractivity (Wildman–Crippen MR) is 131 cm³/mol. The van der Waals surface area contributed by atoms with Gasteiger partial charge in [-0.1, -0.05) is 12.1 Å². The standard InChI is InChI=1S/C24H28N8O2/c1-16(24(34)27-7-9-31-8-3-6-23(31)33)28-13-19(12-25)18-11-22-29-15-21(32(22)30-14-18)17-4-2-5-20(26)10-17/h2,4-5,10-16,25,28H,3,6-9,26H2,1H3,(H,27,34)/b19-13+,25-12?. The number of nitrogens with one attached hydrogen (secondary N) is 3. The van der Waals surface area contributed by atoms with Crippen molar-refractivity contribution in [2.24, 2.45) is 0 Å². The van der Waals surface area contributed by atoms with Crippen LogP contribution in [0.5, 0.6) is 0 Å². The number of hydrogen-bond acceptors (Lipinski definition) is 7. The van der Waals surface area contributed by atoms with Crippen molar-refractivity contribution >= 4 is 34.9 Å². The van der Waals surface area contributed by atoms with E-state index < -0.39 is 6.04 Å². The molecule has 176 valence electrons. The van der Waals surface area contributed by atoms with Crippen LogP contribution in [0.1, 0.15) is 25.3 Å². The average Bonchev–Trinajstić information content (AvgIpc) is 3.45. The van der Waals surface area contributed by atoms with Gasteiger partial charge in [-0.25, -0.2) is 9.50 Å². The number of nitrogens with zero attached hydrogens (tertiary/aromatic N) is 4. The molecule has 2 amide bonds. The highest BCUT2D eigenvalue weighted by molar-refractivity contribution is 6.08. The second-order valence-electron chi connectivity index (χ2n) is 8.19. The lowest BCUT2D eigenvalue weighted by molar-refractivity contribution is -0.128. The van der Waals surface area contributed by atoms with Gasteiger partial charge in [-0.15, -0.1) is 0 Å². The number of carbonyl (C=O) groups excluding carboxylic acids is 2. The molecule has 2 aromatic heterocycles. The lowest BCUT2D eigenvalue weighted by atomic mass is 10.1. The van der Waals surface area contributed by atoms with E-state index in [-0.39, 0.29) is 11.8 Å². The van der Waals surface area contributed by atoms with Gasteiger partial charge in [0.1, 0.15) is 6.04 Å². The van der Waals surface area contributed by atoms with E-state index in [9.17, 15) is 9.59 Å². The van der Waals surface area contributed by atoms with Crippen LogP contribution in [0.2, 0.25) is 0 Å². The summed E-state index contributed by atoms with van der Waals surface area (Å²) in [5, 5.41) is 18.2. The molecule has 34 heavy (non-hydrogen) atoms. The third kappa shape index (κ3) is 5.06. The van der Waals surface area contributed by atoms with Gasteiger partial charge in [-0.3, -0.25) is 9.59 Å². The van der Waals surface area contributed by atoms with Gasteiger partial charge in [0.05, 0.1) is 18.1 Å². The number of amides is 2. The van der Waals surface area contributed by atoms with E-state index in [1.165, 1.54) is 6.21 Å². The van der Waals surface area contributed by atoms with Crippen molar-refractivity contribution in [1.29, 1.82) is 5.41 Å². The number of hydrogen-bond donors (Lipinski definition) is 4. The molecule has 5 N–H and O–H groups in total. The van der Waals surface area contributed by atoms with Crippen LogP contribution in [0.15, 0.2) is 48.9 Å². The summed E-state index contributed by atoms with van der Waals surface area (Å²) in [6, 6.07) is 8.83. The maximum Gasteiger partial charge on any atom is 0.242 e. The van der Waals surface area contributed by atoms with Crippen molar-refractivity contribution in [2.75, 3.05) is 25.4 Å². The molecule has 1 unspecified atom stereocenters. The smallest absolute Gasteiger partial charge is 0.242 e. The third-order valence-corrected chi connectivity index (χ3v) is 5.77. The molecule has 1 atom stereocenters. The Labute approximate surface area is 197 Å². The fourth-order valence-corrected chi connectivity index (χ4v) is 3.84. The Bertz CT molecular complexity index is 1250. The minimum absolute atomic E-state index is 0.141. The zero-order valence-corrected chi connectivity index (χ0v) is 19.0. The molecule has 1 aliphatic heterocycles. The largest absolute Gasteiger partial charge is 0.399 e. The number of rotatable bonds is 9. The number of likely N-dealkylation sites (tertiary alicyclic amines) is 1. The number of allylic oxidation sites excluding steroid dienone is 1. The molecule has 10 nitrogen and oxygen atoms in total. The average molecular weight is 461 g/mol. The van der Waals surface area contributed by atoms with Crippen LogP contribution in [0.3, 0.4) is 0 Å². The van der Waals surface area contributed by atoms with Crippen LogP contribution in [0.4, 0.5) is 5.69 Å². The first-order chi connectivity index (χ1) is 16.5. The van der Waals surface area contributed by atoms with Gasteiger partial charge in [0.25, 0.3) is 0 Å². The minimum atomic E-state index is -0.512. The number of fused-ring (bicyclic) bond motifs is 1. The Morgan fingerprint density at radius 3 is 2.91 bits per heavy atom. The lowest BCUT2D eigenvalue weighted by Crippen LogP contribution is -2.43. The second kappa shape index (κ2) is 10.2. The molecule has 0 spiro atoms. The fourth-order valence-electron chi connectivity index (χ4n) is 3.84. The monoisotopic (exact) mass is 460 g/mol. The summed E-state index contributed by atoms with van der Waals surface area (Å²) in [5.74, 6) is -0.0390. The number of anilines is 1. The maximum atomic E-state index is 12.4. The maximum absolute atomic E-state index is 12.4. The molecule has 3 aromatic rings. The van der Waals surface area contributed by atoms with E-state index in [0.29, 0.717) is 42.0 Å². The zero-order chi connectivity index (χ0) is 24.1. The van der Waals surface area contributed by atoms with Crippen LogP contribution in [0, 0.1) is 5.41 Å². The predicted octanol–water partition coefficient (Wildman–Crippen LogP) is 1.69. The molecule has 0 aliphatic carbocycles. The van der Waals surface area contributed by atoms with Gasteiger partial charge >= 0.3 is 0 Å². The first kappa shape index (κ1) is 23.0. The normalized spacial score (nSPS) is 14.9. The summed E-state index contributed by atoms with van der Waals surface area (Å²) < 4.78 is 1.72. The molecule has 1 aromatic carbocycles. The minimum Gasteiger partial charge on any atom is -0.399 e. The Morgan fingerprint density at radius 2 is 2.18 bits per heavy atom. The molecule has 1 saturated heterocycles. The first-order valence-corrected chi connectivity index (χ1v) is 11.2. The molecule has 0 bridgehead atoms. The van der Waals surface area contributed by atoms with Crippen LogP contribution in [-0.2, 0) is 9.59 Å². The van der Waals surface area contributed by atoms with Crippen molar-refractivity contribution in [3.8, 4) is 11.3 Å². The van der Waals surface area contributed by atoms with Crippen LogP contribution in [-0.4, -0.2) is 63.2 Å². The van der Waals surface area contributed by atoms with E-state index in [1.54, 1.807) is 34.9 Å². The van der Waals surface area contributed by atoms with Gasteiger partial charge in [-0.05, 0) is 31.5 Å². The summed E-state index contributed by atoms with van der Waals surface area (Å²) in [7, 11) is 0. The fraction of sp³-hybridized carbons (Fsp3) is 0.292. The Morgan fingerprint density at radius 1 is 1.32 bits per heavy atom. The van der Waals surface area contributed by atoms with E-state index in [4.69, 9.17) is 11.1 Å². The summed E-state index contributed by atoms with van der Waals surface area (Å²) >= 11 is 0. The van der Waals surface area contributed by atoms with Crippen molar-refractivity contribution in [3.63, 3.8) is 0 Å². The number of nitrogens with two attached hydrogens (primary N) is 1. The number of aromatic nitrogens is 3. The van der Waals surface area contributed by atoms with Crippen LogP contribution >= 0.6 is 0 Å². The van der Waals surface area contributed by atoms with Crippen molar-refractivity contribution in [1.82, 2.24) is 30.1 Å². The molecule has 1 fully saturated rings. The van der Waals surface area contributed by atoms with E-state index in [2.05, 4.69) is 20.7 Å². The summed E-state index contributed by atoms with van der Waals surface area (Å²) in [5.41, 5.74) is 10.2. The number of carbonyl (C=O) groups is 2. The molecule has 0 saturated carbocycles. The molecule has 1 aliphatic rings. The molecular weight excluding hydrogens is 432 g/mol. The lowest BCUT2D eigenvalue weighted by Gasteiger charge is -2.17. The highest BCUT2D eigenvalue weighted by Crippen LogP contribution is 2.23. The molecule has 10 heteroatoms. The Balaban J connectivity index is 1.40. The summed E-state index contributed by atoms with van der Waals surface area (Å²) in [6.07, 6.45) is 7.67. The Kier molecular flexibility index (Phi) is 6.86. The van der Waals surface area contributed by atoms with Gasteiger partial charge in [0.15, 0.2) is 5.65 Å². The number of benzene rings is 1. The highest BCUT2D eigenvalue weighted by Gasteiger charge is 2.20. The molecule has 0 radical (unpaired) electrons. The number of nitrogen functional groups attached to an aromatic ring is 1. The van der Waals surface area contributed by atoms with Gasteiger partial charge in [0.2, 0.25) is 11.8 Å². The van der Waals surface area contributed by atoms with Gasteiger partial charge in [-0.2, -0.15) is 5.10 Å². The van der Waals surface area contributed by atoms with Crippen molar-refractivity contribution in [3.05, 3.63) is 54.5 Å². The quantitative estimate of drug-likeness (QED) is 0.283. The molecule has 3 heterocycles. The van der Waals surface area contributed by atoms with Gasteiger partial charge in [0, 0.05) is 60.9 Å². The Hall–Kier alpha value is -4.21. The van der Waals surface area contributed by atoms with Crippen molar-refractivity contribution in [2.45, 2.75) is 25.8 Å². The topological polar surface area (TPSA) is 142 Å². The summed E-state index contributed by atoms with van der Waals surface area (Å²) in [6.45, 7) is 3.42. The second-order valence-corrected chi connectivity index (χ2v) is 8.19. The van der Waals surface area contributed by atoms with Crippen LogP contribution in [0.25, 0.3) is 22.5 Å². The zero-order valence-electron chi connectivity index (χ0n) is 19.0.